The van der Waals surface area contributed by atoms with E-state index in [1.807, 2.05) is 0 Å². The standard InChI is InChI=1S/C13H22N2O/c1-10-13(8-5-9-16)11(2)15(14-10)12-6-3-4-7-12/h12,16H,3-9H2,1-2H3. The Labute approximate surface area is 97.5 Å². The predicted molar refractivity (Wildman–Crippen MR) is 64.6 cm³/mol. The summed E-state index contributed by atoms with van der Waals surface area (Å²) in [6, 6.07) is 0.626. The Kier molecular flexibility index (Phi) is 3.64. The zero-order chi connectivity index (χ0) is 11.5. The number of aryl methyl sites for hydroxylation is 1. The van der Waals surface area contributed by atoms with Gasteiger partial charge in [0.05, 0.1) is 11.7 Å². The van der Waals surface area contributed by atoms with Crippen LogP contribution in [0.15, 0.2) is 0 Å². The molecular weight excluding hydrogens is 200 g/mol. The lowest BCUT2D eigenvalue weighted by molar-refractivity contribution is 0.288. The van der Waals surface area contributed by atoms with Crippen molar-refractivity contribution in [2.75, 3.05) is 6.61 Å². The Morgan fingerprint density at radius 1 is 1.31 bits per heavy atom. The lowest BCUT2D eigenvalue weighted by Gasteiger charge is -2.12. The molecule has 1 fully saturated rings. The van der Waals surface area contributed by atoms with Gasteiger partial charge in [-0.1, -0.05) is 12.8 Å². The monoisotopic (exact) mass is 222 g/mol. The van der Waals surface area contributed by atoms with E-state index < -0.39 is 0 Å². The van der Waals surface area contributed by atoms with E-state index in [1.165, 1.54) is 36.9 Å². The summed E-state index contributed by atoms with van der Waals surface area (Å²) in [7, 11) is 0. The van der Waals surface area contributed by atoms with Crippen molar-refractivity contribution in [1.82, 2.24) is 9.78 Å². The number of rotatable bonds is 4. The van der Waals surface area contributed by atoms with E-state index in [0.717, 1.165) is 18.5 Å². The number of aliphatic hydroxyl groups is 1. The zero-order valence-electron chi connectivity index (χ0n) is 10.4. The third-order valence-corrected chi connectivity index (χ3v) is 3.73. The second kappa shape index (κ2) is 5.00. The van der Waals surface area contributed by atoms with E-state index in [2.05, 4.69) is 23.6 Å². The Morgan fingerprint density at radius 3 is 2.62 bits per heavy atom. The van der Waals surface area contributed by atoms with E-state index in [9.17, 15) is 0 Å². The molecule has 3 heteroatoms. The number of aliphatic hydroxyl groups excluding tert-OH is 1. The molecule has 0 bridgehead atoms. The first-order valence-corrected chi connectivity index (χ1v) is 6.39. The van der Waals surface area contributed by atoms with E-state index in [4.69, 9.17) is 5.11 Å². The SMILES string of the molecule is Cc1nn(C2CCCC2)c(C)c1CCCO. The van der Waals surface area contributed by atoms with Crippen molar-refractivity contribution in [3.8, 4) is 0 Å². The second-order valence-electron chi connectivity index (χ2n) is 4.86. The molecular formula is C13H22N2O. The highest BCUT2D eigenvalue weighted by Crippen LogP contribution is 2.31. The summed E-state index contributed by atoms with van der Waals surface area (Å²) in [4.78, 5) is 0. The van der Waals surface area contributed by atoms with Gasteiger partial charge in [-0.25, -0.2) is 0 Å². The minimum Gasteiger partial charge on any atom is -0.396 e. The maximum absolute atomic E-state index is 8.90. The van der Waals surface area contributed by atoms with Crippen LogP contribution in [-0.4, -0.2) is 21.5 Å². The van der Waals surface area contributed by atoms with Gasteiger partial charge in [-0.05, 0) is 45.1 Å². The summed E-state index contributed by atoms with van der Waals surface area (Å²) in [6.45, 7) is 4.53. The smallest absolute Gasteiger partial charge is 0.0628 e. The Bertz CT molecular complexity index is 351. The van der Waals surface area contributed by atoms with Crippen LogP contribution in [0, 0.1) is 13.8 Å². The third-order valence-electron chi connectivity index (χ3n) is 3.73. The molecule has 1 aliphatic rings. The zero-order valence-corrected chi connectivity index (χ0v) is 10.4. The molecule has 0 spiro atoms. The third kappa shape index (κ3) is 2.14. The molecule has 1 saturated carbocycles. The Hall–Kier alpha value is -0.830. The van der Waals surface area contributed by atoms with Crippen molar-refractivity contribution >= 4 is 0 Å². The average Bonchev–Trinajstić information content (AvgIpc) is 2.86. The predicted octanol–water partition coefficient (Wildman–Crippen LogP) is 2.54. The second-order valence-corrected chi connectivity index (χ2v) is 4.86. The van der Waals surface area contributed by atoms with Crippen LogP contribution in [-0.2, 0) is 6.42 Å². The van der Waals surface area contributed by atoms with Gasteiger partial charge in [-0.3, -0.25) is 4.68 Å². The quantitative estimate of drug-likeness (QED) is 0.850. The molecule has 1 aromatic rings. The van der Waals surface area contributed by atoms with Gasteiger partial charge in [0.15, 0.2) is 0 Å². The number of hydrogen-bond donors (Lipinski definition) is 1. The summed E-state index contributed by atoms with van der Waals surface area (Å²) in [5.74, 6) is 0. The summed E-state index contributed by atoms with van der Waals surface area (Å²) in [5, 5.41) is 13.6. The van der Waals surface area contributed by atoms with Crippen LogP contribution in [0.3, 0.4) is 0 Å². The Morgan fingerprint density at radius 2 is 2.00 bits per heavy atom. The number of nitrogens with zero attached hydrogens (tertiary/aromatic N) is 2. The molecule has 1 aromatic heterocycles. The van der Waals surface area contributed by atoms with Crippen molar-refractivity contribution in [3.63, 3.8) is 0 Å². The number of aromatic nitrogens is 2. The Balaban J connectivity index is 2.19. The maximum Gasteiger partial charge on any atom is 0.0628 e. The molecule has 2 rings (SSSR count). The highest BCUT2D eigenvalue weighted by molar-refractivity contribution is 5.25. The van der Waals surface area contributed by atoms with Crippen molar-refractivity contribution in [2.24, 2.45) is 0 Å². The summed E-state index contributed by atoms with van der Waals surface area (Å²) < 4.78 is 2.23. The van der Waals surface area contributed by atoms with E-state index in [1.54, 1.807) is 0 Å². The van der Waals surface area contributed by atoms with Crippen LogP contribution in [0.25, 0.3) is 0 Å². The fourth-order valence-corrected chi connectivity index (χ4v) is 2.82. The van der Waals surface area contributed by atoms with Crippen molar-refractivity contribution in [2.45, 2.75) is 58.4 Å². The van der Waals surface area contributed by atoms with Gasteiger partial charge in [0.25, 0.3) is 0 Å². The molecule has 0 unspecified atom stereocenters. The maximum atomic E-state index is 8.90. The summed E-state index contributed by atoms with van der Waals surface area (Å²) >= 11 is 0. The minimum absolute atomic E-state index is 0.271. The van der Waals surface area contributed by atoms with E-state index >= 15 is 0 Å². The molecule has 1 N–H and O–H groups in total. The van der Waals surface area contributed by atoms with Crippen LogP contribution in [0.5, 0.6) is 0 Å². The van der Waals surface area contributed by atoms with Gasteiger partial charge in [-0.15, -0.1) is 0 Å². The van der Waals surface area contributed by atoms with Crippen LogP contribution >= 0.6 is 0 Å². The normalized spacial score (nSPS) is 17.2. The summed E-state index contributed by atoms with van der Waals surface area (Å²) in [6.07, 6.45) is 7.05. The van der Waals surface area contributed by atoms with Crippen LogP contribution < -0.4 is 0 Å². The van der Waals surface area contributed by atoms with Gasteiger partial charge >= 0.3 is 0 Å². The van der Waals surface area contributed by atoms with Crippen LogP contribution in [0.4, 0.5) is 0 Å². The molecule has 0 saturated heterocycles. The first-order valence-electron chi connectivity index (χ1n) is 6.39. The average molecular weight is 222 g/mol. The van der Waals surface area contributed by atoms with Gasteiger partial charge in [0, 0.05) is 12.3 Å². The lowest BCUT2D eigenvalue weighted by Crippen LogP contribution is -2.08. The highest BCUT2D eigenvalue weighted by atomic mass is 16.2. The van der Waals surface area contributed by atoms with Crippen molar-refractivity contribution < 1.29 is 5.11 Å². The molecule has 0 atom stereocenters. The molecule has 0 aliphatic heterocycles. The highest BCUT2D eigenvalue weighted by Gasteiger charge is 2.21. The lowest BCUT2D eigenvalue weighted by atomic mass is 10.1. The summed E-state index contributed by atoms with van der Waals surface area (Å²) in [5.41, 5.74) is 3.82. The van der Waals surface area contributed by atoms with E-state index in [0.29, 0.717) is 6.04 Å². The fraction of sp³-hybridized carbons (Fsp3) is 0.769. The molecule has 0 aromatic carbocycles. The van der Waals surface area contributed by atoms with Gasteiger partial charge in [0.1, 0.15) is 0 Å². The van der Waals surface area contributed by atoms with Gasteiger partial charge < -0.3 is 5.11 Å². The molecule has 1 heterocycles. The molecule has 3 nitrogen and oxygen atoms in total. The van der Waals surface area contributed by atoms with Gasteiger partial charge in [0.2, 0.25) is 0 Å². The molecule has 16 heavy (non-hydrogen) atoms. The van der Waals surface area contributed by atoms with Crippen LogP contribution in [0.2, 0.25) is 0 Å². The largest absolute Gasteiger partial charge is 0.396 e. The van der Waals surface area contributed by atoms with Crippen LogP contribution in [0.1, 0.15) is 55.1 Å². The molecule has 1 aliphatic carbocycles. The van der Waals surface area contributed by atoms with Crippen molar-refractivity contribution in [1.29, 1.82) is 0 Å². The first-order chi connectivity index (χ1) is 7.74. The fourth-order valence-electron chi connectivity index (χ4n) is 2.82. The van der Waals surface area contributed by atoms with E-state index in [-0.39, 0.29) is 6.61 Å². The van der Waals surface area contributed by atoms with Crippen molar-refractivity contribution in [3.05, 3.63) is 17.0 Å². The topological polar surface area (TPSA) is 38.0 Å². The van der Waals surface area contributed by atoms with Gasteiger partial charge in [-0.2, -0.15) is 5.10 Å². The molecule has 0 amide bonds. The number of hydrogen-bond acceptors (Lipinski definition) is 2. The molecule has 90 valence electrons. The first kappa shape index (κ1) is 11.6. The minimum atomic E-state index is 0.271. The molecule has 0 radical (unpaired) electrons.